The monoisotopic (exact) mass is 314 g/mol. The fourth-order valence-electron chi connectivity index (χ4n) is 1.71. The number of rotatable bonds is 8. The summed E-state index contributed by atoms with van der Waals surface area (Å²) in [6, 6.07) is -0.419. The standard InChI is InChI=1S/C14H22N2O4S/c1-4-5-7-20-8-6-15-14(19)16-12-11(13(17)18)9(2)10(3)21-12/h4-8H2,1-3H3,(H,17,18)(H2,15,16,19). The van der Waals surface area contributed by atoms with E-state index in [1.54, 1.807) is 6.92 Å². The minimum atomic E-state index is -1.03. The van der Waals surface area contributed by atoms with Gasteiger partial charge in [0.05, 0.1) is 12.2 Å². The first-order valence-corrected chi connectivity index (χ1v) is 7.74. The Hall–Kier alpha value is -1.60. The number of carbonyl (C=O) groups excluding carboxylic acids is 1. The van der Waals surface area contributed by atoms with E-state index in [2.05, 4.69) is 17.6 Å². The number of amides is 2. The topological polar surface area (TPSA) is 87.7 Å². The number of unbranched alkanes of at least 4 members (excludes halogenated alkanes) is 1. The number of urea groups is 1. The van der Waals surface area contributed by atoms with Crippen molar-refractivity contribution in [1.82, 2.24) is 5.32 Å². The van der Waals surface area contributed by atoms with E-state index >= 15 is 0 Å². The van der Waals surface area contributed by atoms with Crippen LogP contribution in [0.3, 0.4) is 0 Å². The van der Waals surface area contributed by atoms with Crippen LogP contribution in [0, 0.1) is 13.8 Å². The first-order chi connectivity index (χ1) is 9.97. The van der Waals surface area contributed by atoms with Gasteiger partial charge in [0, 0.05) is 18.0 Å². The predicted molar refractivity (Wildman–Crippen MR) is 83.5 cm³/mol. The lowest BCUT2D eigenvalue weighted by Gasteiger charge is -2.07. The molecule has 1 rings (SSSR count). The number of anilines is 1. The van der Waals surface area contributed by atoms with Gasteiger partial charge in [-0.3, -0.25) is 5.32 Å². The highest BCUT2D eigenvalue weighted by molar-refractivity contribution is 7.16. The van der Waals surface area contributed by atoms with Gasteiger partial charge in [0.1, 0.15) is 5.00 Å². The van der Waals surface area contributed by atoms with E-state index in [9.17, 15) is 14.7 Å². The zero-order valence-electron chi connectivity index (χ0n) is 12.6. The highest BCUT2D eigenvalue weighted by Gasteiger charge is 2.20. The van der Waals surface area contributed by atoms with E-state index < -0.39 is 12.0 Å². The third-order valence-electron chi connectivity index (χ3n) is 3.00. The molecular weight excluding hydrogens is 292 g/mol. The van der Waals surface area contributed by atoms with E-state index in [1.807, 2.05) is 6.92 Å². The van der Waals surface area contributed by atoms with E-state index in [0.29, 0.717) is 30.3 Å². The van der Waals surface area contributed by atoms with Gasteiger partial charge < -0.3 is 15.2 Å². The van der Waals surface area contributed by atoms with Crippen LogP contribution in [0.1, 0.15) is 40.6 Å². The van der Waals surface area contributed by atoms with Crippen LogP contribution in [0.15, 0.2) is 0 Å². The number of ether oxygens (including phenoxy) is 1. The van der Waals surface area contributed by atoms with Crippen LogP contribution in [0.4, 0.5) is 9.80 Å². The summed E-state index contributed by atoms with van der Waals surface area (Å²) >= 11 is 1.26. The number of thiophene rings is 1. The zero-order chi connectivity index (χ0) is 15.8. The van der Waals surface area contributed by atoms with Crippen molar-refractivity contribution in [3.63, 3.8) is 0 Å². The average molecular weight is 314 g/mol. The molecule has 0 saturated carbocycles. The quantitative estimate of drug-likeness (QED) is 0.644. The van der Waals surface area contributed by atoms with Crippen molar-refractivity contribution in [2.24, 2.45) is 0 Å². The van der Waals surface area contributed by atoms with Gasteiger partial charge in [0.2, 0.25) is 0 Å². The molecule has 0 aliphatic rings. The molecule has 118 valence electrons. The van der Waals surface area contributed by atoms with Gasteiger partial charge in [-0.2, -0.15) is 0 Å². The molecule has 6 nitrogen and oxygen atoms in total. The second-order valence-electron chi connectivity index (χ2n) is 4.64. The molecule has 0 spiro atoms. The number of carboxylic acid groups (broad SMARTS) is 1. The third kappa shape index (κ3) is 5.35. The summed E-state index contributed by atoms with van der Waals surface area (Å²) in [5.41, 5.74) is 0.845. The van der Waals surface area contributed by atoms with E-state index in [1.165, 1.54) is 11.3 Å². The highest BCUT2D eigenvalue weighted by Crippen LogP contribution is 2.32. The fourth-order valence-corrected chi connectivity index (χ4v) is 2.75. The zero-order valence-corrected chi connectivity index (χ0v) is 13.4. The fraction of sp³-hybridized carbons (Fsp3) is 0.571. The first-order valence-electron chi connectivity index (χ1n) is 6.93. The molecule has 0 aliphatic carbocycles. The molecule has 1 aromatic heterocycles. The van der Waals surface area contributed by atoms with Gasteiger partial charge in [0.15, 0.2) is 0 Å². The highest BCUT2D eigenvalue weighted by atomic mass is 32.1. The van der Waals surface area contributed by atoms with Crippen molar-refractivity contribution in [2.75, 3.05) is 25.1 Å². The molecule has 3 N–H and O–H groups in total. The summed E-state index contributed by atoms with van der Waals surface area (Å²) in [5.74, 6) is -1.03. The maximum absolute atomic E-state index is 11.7. The number of hydrogen-bond acceptors (Lipinski definition) is 4. The number of nitrogens with one attached hydrogen (secondary N) is 2. The van der Waals surface area contributed by atoms with Crippen molar-refractivity contribution >= 4 is 28.3 Å². The lowest BCUT2D eigenvalue weighted by atomic mass is 10.1. The van der Waals surface area contributed by atoms with E-state index in [4.69, 9.17) is 4.74 Å². The molecule has 1 heterocycles. The van der Waals surface area contributed by atoms with Gasteiger partial charge in [-0.05, 0) is 25.8 Å². The van der Waals surface area contributed by atoms with E-state index in [-0.39, 0.29) is 5.56 Å². The molecule has 0 bridgehead atoms. The number of hydrogen-bond donors (Lipinski definition) is 3. The van der Waals surface area contributed by atoms with Crippen LogP contribution in [0.5, 0.6) is 0 Å². The smallest absolute Gasteiger partial charge is 0.338 e. The van der Waals surface area contributed by atoms with Crippen LogP contribution in [-0.4, -0.2) is 36.9 Å². The first kappa shape index (κ1) is 17.5. The SMILES string of the molecule is CCCCOCCNC(=O)Nc1sc(C)c(C)c1C(=O)O. The summed E-state index contributed by atoms with van der Waals surface area (Å²) in [6.45, 7) is 7.17. The van der Waals surface area contributed by atoms with Crippen LogP contribution in [0.25, 0.3) is 0 Å². The van der Waals surface area contributed by atoms with Gasteiger partial charge in [-0.1, -0.05) is 13.3 Å². The molecule has 21 heavy (non-hydrogen) atoms. The minimum absolute atomic E-state index is 0.159. The molecule has 7 heteroatoms. The largest absolute Gasteiger partial charge is 0.478 e. The lowest BCUT2D eigenvalue weighted by molar-refractivity contribution is 0.0697. The molecule has 0 aliphatic heterocycles. The molecule has 0 fully saturated rings. The Bertz CT molecular complexity index is 499. The Labute approximate surface area is 128 Å². The van der Waals surface area contributed by atoms with Gasteiger partial charge in [-0.15, -0.1) is 11.3 Å². The van der Waals surface area contributed by atoms with Crippen molar-refractivity contribution in [3.05, 3.63) is 16.0 Å². The second-order valence-corrected chi connectivity index (χ2v) is 5.86. The van der Waals surface area contributed by atoms with Crippen molar-refractivity contribution < 1.29 is 19.4 Å². The predicted octanol–water partition coefficient (Wildman–Crippen LogP) is 3.00. The Balaban J connectivity index is 2.45. The van der Waals surface area contributed by atoms with Crippen molar-refractivity contribution in [1.29, 1.82) is 0 Å². The molecule has 2 amide bonds. The molecule has 0 aromatic carbocycles. The molecule has 0 unspecified atom stereocenters. The molecule has 0 radical (unpaired) electrons. The molecular formula is C14H22N2O4S. The Kier molecular flexibility index (Phi) is 7.18. The molecule has 1 aromatic rings. The minimum Gasteiger partial charge on any atom is -0.478 e. The van der Waals surface area contributed by atoms with Gasteiger partial charge >= 0.3 is 12.0 Å². The summed E-state index contributed by atoms with van der Waals surface area (Å²) in [4.78, 5) is 23.8. The van der Waals surface area contributed by atoms with Gasteiger partial charge in [0.25, 0.3) is 0 Å². The lowest BCUT2D eigenvalue weighted by Crippen LogP contribution is -2.31. The van der Waals surface area contributed by atoms with Crippen molar-refractivity contribution in [3.8, 4) is 0 Å². The van der Waals surface area contributed by atoms with Crippen molar-refractivity contribution in [2.45, 2.75) is 33.6 Å². The maximum atomic E-state index is 11.7. The number of aromatic carboxylic acids is 1. The molecule has 0 saturated heterocycles. The number of carboxylic acids is 1. The Morgan fingerprint density at radius 2 is 2.00 bits per heavy atom. The van der Waals surface area contributed by atoms with E-state index in [0.717, 1.165) is 17.7 Å². The summed E-state index contributed by atoms with van der Waals surface area (Å²) in [5, 5.41) is 14.8. The Morgan fingerprint density at radius 3 is 2.62 bits per heavy atom. The van der Waals surface area contributed by atoms with Crippen LogP contribution in [0.2, 0.25) is 0 Å². The number of carbonyl (C=O) groups is 2. The molecule has 0 atom stereocenters. The van der Waals surface area contributed by atoms with Crippen LogP contribution >= 0.6 is 11.3 Å². The van der Waals surface area contributed by atoms with Crippen LogP contribution in [-0.2, 0) is 4.74 Å². The average Bonchev–Trinajstić information content (AvgIpc) is 2.68. The maximum Gasteiger partial charge on any atom is 0.338 e. The number of aryl methyl sites for hydroxylation is 1. The Morgan fingerprint density at radius 1 is 1.29 bits per heavy atom. The summed E-state index contributed by atoms with van der Waals surface area (Å²) < 4.78 is 5.33. The van der Waals surface area contributed by atoms with Crippen LogP contribution < -0.4 is 10.6 Å². The third-order valence-corrected chi connectivity index (χ3v) is 4.12. The normalized spacial score (nSPS) is 10.4. The summed E-state index contributed by atoms with van der Waals surface area (Å²) in [7, 11) is 0. The van der Waals surface area contributed by atoms with Gasteiger partial charge in [-0.25, -0.2) is 9.59 Å². The summed E-state index contributed by atoms with van der Waals surface area (Å²) in [6.07, 6.45) is 2.07. The second kappa shape index (κ2) is 8.63.